The zero-order valence-electron chi connectivity index (χ0n) is 27.6. The van der Waals surface area contributed by atoms with Crippen LogP contribution in [0.3, 0.4) is 0 Å². The van der Waals surface area contributed by atoms with Crippen molar-refractivity contribution in [1.82, 2.24) is 24.6 Å². The summed E-state index contributed by atoms with van der Waals surface area (Å²) < 4.78 is 10.2. The number of carbonyl (C=O) groups is 3. The smallest absolute Gasteiger partial charge is 0.407 e. The molecule has 1 aromatic heterocycles. The number of urea groups is 1. The van der Waals surface area contributed by atoms with E-state index < -0.39 is 6.09 Å². The van der Waals surface area contributed by atoms with Crippen LogP contribution < -0.4 is 0 Å². The maximum Gasteiger partial charge on any atom is 0.407 e. The molecule has 2 aliphatic rings. The molecule has 3 heterocycles. The highest BCUT2D eigenvalue weighted by molar-refractivity contribution is 6.62. The van der Waals surface area contributed by atoms with Crippen molar-refractivity contribution in [1.29, 1.82) is 0 Å². The molecule has 0 bridgehead atoms. The van der Waals surface area contributed by atoms with Crippen LogP contribution in [0.1, 0.15) is 79.1 Å². The number of aromatic nitrogens is 1. The second-order valence-electron chi connectivity index (χ2n) is 10.4. The number of morpholine rings is 2. The van der Waals surface area contributed by atoms with Gasteiger partial charge in [-0.1, -0.05) is 59.4 Å². The predicted octanol–water partition coefficient (Wildman–Crippen LogP) is 6.67. The van der Waals surface area contributed by atoms with Crippen LogP contribution in [0.4, 0.5) is 14.4 Å². The van der Waals surface area contributed by atoms with E-state index in [0.717, 1.165) is 90.6 Å². The summed E-state index contributed by atoms with van der Waals surface area (Å²) in [5, 5.41) is 8.10. The van der Waals surface area contributed by atoms with Gasteiger partial charge in [0.15, 0.2) is 0 Å². The molecule has 0 aromatic carbocycles. The van der Waals surface area contributed by atoms with Crippen molar-refractivity contribution < 1.29 is 29.0 Å². The zero-order valence-corrected chi connectivity index (χ0v) is 28.4. The Morgan fingerprint density at radius 1 is 0.682 bits per heavy atom. The number of halogens is 1. The Balaban J connectivity index is 0.000000597. The van der Waals surface area contributed by atoms with Gasteiger partial charge >= 0.3 is 17.5 Å². The lowest BCUT2D eigenvalue weighted by molar-refractivity contribution is 0.0392. The summed E-state index contributed by atoms with van der Waals surface area (Å²) in [4.78, 5) is 44.2. The summed E-state index contributed by atoms with van der Waals surface area (Å²) in [6, 6.07) is 5.92. The number of nitrogens with zero attached hydrogens (tertiary/aromatic N) is 5. The van der Waals surface area contributed by atoms with Crippen LogP contribution in [0.25, 0.3) is 0 Å². The summed E-state index contributed by atoms with van der Waals surface area (Å²) >= 11 is 5.40. The van der Waals surface area contributed by atoms with E-state index in [9.17, 15) is 14.4 Å². The minimum atomic E-state index is -0.849. The number of carboxylic acid groups (broad SMARTS) is 1. The molecule has 4 amide bonds. The van der Waals surface area contributed by atoms with Crippen LogP contribution in [0.5, 0.6) is 0 Å². The molecule has 2 aliphatic heterocycles. The summed E-state index contributed by atoms with van der Waals surface area (Å²) in [5.74, 6) is 0. The maximum atomic E-state index is 12.3. The highest BCUT2D eigenvalue weighted by Gasteiger charge is 2.22. The largest absolute Gasteiger partial charge is 0.465 e. The van der Waals surface area contributed by atoms with E-state index in [1.807, 2.05) is 28.0 Å². The Hall–Kier alpha value is -2.63. The number of pyridine rings is 1. The average Bonchev–Trinajstić information content (AvgIpc) is 3.07. The van der Waals surface area contributed by atoms with Crippen molar-refractivity contribution in [3.05, 3.63) is 30.6 Å². The molecule has 0 atom stereocenters. The van der Waals surface area contributed by atoms with Crippen molar-refractivity contribution in [3.63, 3.8) is 0 Å². The Kier molecular flexibility index (Phi) is 27.4. The molecule has 0 spiro atoms. The number of hydrogen-bond acceptors (Lipinski definition) is 6. The van der Waals surface area contributed by atoms with Gasteiger partial charge in [-0.05, 0) is 49.4 Å². The normalized spacial score (nSPS) is 14.0. The summed E-state index contributed by atoms with van der Waals surface area (Å²) in [6.45, 7) is 16.9. The number of carbonyl (C=O) groups excluding carboxylic acids is 2. The van der Waals surface area contributed by atoms with Crippen molar-refractivity contribution in [2.24, 2.45) is 0 Å². The van der Waals surface area contributed by atoms with Crippen LogP contribution in [-0.2, 0) is 9.47 Å². The lowest BCUT2D eigenvalue weighted by Gasteiger charge is -2.33. The van der Waals surface area contributed by atoms with Crippen molar-refractivity contribution in [3.8, 4) is 0 Å². The van der Waals surface area contributed by atoms with E-state index in [4.69, 9.17) is 26.2 Å². The SMILES string of the molecule is CCCCN(CCCC)C(=O)Cl.CCCCN(CCCC)C(=O)N1CCOCC1.O=C(O)N1CCOCC1.c1ccncc1. The standard InChI is InChI=1S/C13H26N2O2.C9H18ClNO.C5H9NO3.C5H5N/c1-3-5-7-14(8-6-4-2)13(16)15-9-11-17-12-10-15;1-3-5-7-11(9(10)12)8-6-4-2;7-5(8)6-1-3-9-4-2-6;1-2-4-6-5-3-1/h3-12H2,1-2H3;3-8H2,1-2H3;1-4H2,(H,7,8);1-5H. The summed E-state index contributed by atoms with van der Waals surface area (Å²) in [5.41, 5.74) is 0. The topological polar surface area (TPSA) is 116 Å². The molecule has 3 rings (SSSR count). The maximum absolute atomic E-state index is 12.3. The Labute approximate surface area is 270 Å². The molecule has 11 nitrogen and oxygen atoms in total. The second kappa shape index (κ2) is 29.1. The van der Waals surface area contributed by atoms with Crippen molar-refractivity contribution in [2.75, 3.05) is 78.8 Å². The van der Waals surface area contributed by atoms with E-state index in [2.05, 4.69) is 32.7 Å². The number of hydrogen-bond donors (Lipinski definition) is 1. The Bertz CT molecular complexity index is 784. The van der Waals surface area contributed by atoms with Gasteiger partial charge in [0.2, 0.25) is 0 Å². The lowest BCUT2D eigenvalue weighted by atomic mass is 10.2. The molecule has 2 saturated heterocycles. The molecule has 0 radical (unpaired) electrons. The number of amides is 4. The lowest BCUT2D eigenvalue weighted by Crippen LogP contribution is -2.48. The van der Waals surface area contributed by atoms with Gasteiger partial charge < -0.3 is 34.2 Å². The van der Waals surface area contributed by atoms with Crippen LogP contribution >= 0.6 is 11.6 Å². The first-order valence-corrected chi connectivity index (χ1v) is 16.7. The molecule has 12 heteroatoms. The molecular weight excluding hydrogens is 586 g/mol. The van der Waals surface area contributed by atoms with E-state index >= 15 is 0 Å². The number of rotatable bonds is 12. The molecule has 0 aliphatic carbocycles. The van der Waals surface area contributed by atoms with Crippen molar-refractivity contribution in [2.45, 2.75) is 79.1 Å². The van der Waals surface area contributed by atoms with Gasteiger partial charge in [0.05, 0.1) is 26.4 Å². The fourth-order valence-electron chi connectivity index (χ4n) is 4.01. The molecule has 254 valence electrons. The summed E-state index contributed by atoms with van der Waals surface area (Å²) in [6.07, 6.45) is 11.4. The van der Waals surface area contributed by atoms with Gasteiger partial charge in [0, 0.05) is 64.8 Å². The van der Waals surface area contributed by atoms with Crippen LogP contribution in [0.2, 0.25) is 0 Å². The van der Waals surface area contributed by atoms with Crippen LogP contribution in [0.15, 0.2) is 30.6 Å². The predicted molar refractivity (Wildman–Crippen MR) is 176 cm³/mol. The van der Waals surface area contributed by atoms with Gasteiger partial charge in [0.25, 0.3) is 0 Å². The zero-order chi connectivity index (χ0) is 32.8. The highest BCUT2D eigenvalue weighted by Crippen LogP contribution is 2.07. The first-order chi connectivity index (χ1) is 21.3. The third kappa shape index (κ3) is 22.0. The van der Waals surface area contributed by atoms with Gasteiger partial charge in [-0.3, -0.25) is 9.78 Å². The third-order valence-electron chi connectivity index (χ3n) is 6.78. The Morgan fingerprint density at radius 2 is 1.07 bits per heavy atom. The van der Waals surface area contributed by atoms with Gasteiger partial charge in [-0.25, -0.2) is 9.59 Å². The molecule has 1 aromatic rings. The van der Waals surface area contributed by atoms with Crippen LogP contribution in [0, 0.1) is 0 Å². The third-order valence-corrected chi connectivity index (χ3v) is 7.01. The van der Waals surface area contributed by atoms with E-state index in [0.29, 0.717) is 39.5 Å². The number of ether oxygens (including phenoxy) is 2. The minimum absolute atomic E-state index is 0.204. The van der Waals surface area contributed by atoms with E-state index in [1.54, 1.807) is 17.3 Å². The van der Waals surface area contributed by atoms with E-state index in [1.165, 1.54) is 4.90 Å². The van der Waals surface area contributed by atoms with Gasteiger partial charge in [0.1, 0.15) is 0 Å². The highest BCUT2D eigenvalue weighted by atomic mass is 35.5. The molecule has 1 N–H and O–H groups in total. The fraction of sp³-hybridized carbons (Fsp3) is 0.750. The van der Waals surface area contributed by atoms with E-state index in [-0.39, 0.29) is 11.4 Å². The molecular formula is C32H58ClN5O6. The van der Waals surface area contributed by atoms with Gasteiger partial charge in [-0.15, -0.1) is 0 Å². The molecule has 2 fully saturated rings. The Morgan fingerprint density at radius 3 is 1.34 bits per heavy atom. The molecule has 0 saturated carbocycles. The van der Waals surface area contributed by atoms with Crippen molar-refractivity contribution >= 4 is 29.1 Å². The van der Waals surface area contributed by atoms with Gasteiger partial charge in [-0.2, -0.15) is 0 Å². The molecule has 44 heavy (non-hydrogen) atoms. The molecule has 0 unspecified atom stereocenters. The number of unbranched alkanes of at least 4 members (excludes halogenated alkanes) is 4. The first kappa shape index (κ1) is 41.4. The monoisotopic (exact) mass is 643 g/mol. The first-order valence-electron chi connectivity index (χ1n) is 16.3. The minimum Gasteiger partial charge on any atom is -0.465 e. The summed E-state index contributed by atoms with van der Waals surface area (Å²) in [7, 11) is 0. The fourth-order valence-corrected chi connectivity index (χ4v) is 4.18. The van der Waals surface area contributed by atoms with Crippen LogP contribution in [-0.4, -0.2) is 126 Å². The quantitative estimate of drug-likeness (QED) is 0.200. The average molecular weight is 644 g/mol. The second-order valence-corrected chi connectivity index (χ2v) is 10.8.